The summed E-state index contributed by atoms with van der Waals surface area (Å²) in [5, 5.41) is 9.75. The molecule has 0 atom stereocenters. The van der Waals surface area contributed by atoms with Crippen molar-refractivity contribution < 1.29 is 0 Å². The van der Waals surface area contributed by atoms with Crippen molar-refractivity contribution in [1.29, 1.82) is 5.26 Å². The first kappa shape index (κ1) is 35.5. The lowest BCUT2D eigenvalue weighted by molar-refractivity contribution is 0.660. The zero-order valence-corrected chi connectivity index (χ0v) is 32.5. The third-order valence-electron chi connectivity index (χ3n) is 11.3. The third-order valence-corrected chi connectivity index (χ3v) is 11.3. The van der Waals surface area contributed by atoms with E-state index >= 15 is 0 Å². The molecule has 0 saturated heterocycles. The molecule has 59 heavy (non-hydrogen) atoms. The number of benzene rings is 5. The zero-order valence-electron chi connectivity index (χ0n) is 32.5. The first-order valence-electron chi connectivity index (χ1n) is 19.6. The van der Waals surface area contributed by atoms with Gasteiger partial charge < -0.3 is 0 Å². The van der Waals surface area contributed by atoms with Crippen LogP contribution in [-0.2, 0) is 5.41 Å². The normalized spacial score (nSPS) is 12.4. The Bertz CT molecular complexity index is 2800. The predicted octanol–water partition coefficient (Wildman–Crippen LogP) is 12.5. The summed E-state index contributed by atoms with van der Waals surface area (Å²) < 4.78 is 0. The van der Waals surface area contributed by atoms with E-state index in [1.807, 2.05) is 72.8 Å². The fraction of sp³-hybridized carbons (Fsp3) is 0.0566. The van der Waals surface area contributed by atoms with Gasteiger partial charge in [-0.2, -0.15) is 5.26 Å². The van der Waals surface area contributed by atoms with Crippen molar-refractivity contribution in [3.63, 3.8) is 0 Å². The van der Waals surface area contributed by atoms with E-state index in [1.165, 1.54) is 22.3 Å². The summed E-state index contributed by atoms with van der Waals surface area (Å²) in [6.07, 6.45) is 7.19. The molecule has 9 aromatic rings. The quantitative estimate of drug-likeness (QED) is 0.161. The maximum absolute atomic E-state index is 9.75. The van der Waals surface area contributed by atoms with Crippen LogP contribution in [0.2, 0.25) is 0 Å². The lowest BCUT2D eigenvalue weighted by Crippen LogP contribution is -2.15. The molecule has 4 aromatic heterocycles. The molecular formula is C53H36N6. The molecule has 0 unspecified atom stereocenters. The summed E-state index contributed by atoms with van der Waals surface area (Å²) >= 11 is 0. The Morgan fingerprint density at radius 1 is 0.390 bits per heavy atom. The Kier molecular flexibility index (Phi) is 8.77. The average molecular weight is 757 g/mol. The molecule has 0 spiro atoms. The average Bonchev–Trinajstić information content (AvgIpc) is 3.54. The van der Waals surface area contributed by atoms with Gasteiger partial charge in [-0.1, -0.05) is 92.7 Å². The van der Waals surface area contributed by atoms with Crippen LogP contribution < -0.4 is 0 Å². The highest BCUT2D eigenvalue weighted by Gasteiger charge is 2.36. The smallest absolute Gasteiger partial charge is 0.160 e. The van der Waals surface area contributed by atoms with Crippen LogP contribution in [0.5, 0.6) is 0 Å². The Hall–Kier alpha value is -7.88. The van der Waals surface area contributed by atoms with E-state index in [2.05, 4.69) is 115 Å². The molecule has 0 saturated carbocycles. The minimum atomic E-state index is -0.292. The molecular weight excluding hydrogens is 721 g/mol. The van der Waals surface area contributed by atoms with Gasteiger partial charge in [0.15, 0.2) is 5.82 Å². The third kappa shape index (κ3) is 6.65. The second-order valence-corrected chi connectivity index (χ2v) is 15.3. The van der Waals surface area contributed by atoms with Gasteiger partial charge in [-0.15, -0.1) is 0 Å². The molecule has 6 nitrogen and oxygen atoms in total. The van der Waals surface area contributed by atoms with Crippen molar-refractivity contribution in [3.05, 3.63) is 199 Å². The van der Waals surface area contributed by atoms with Crippen LogP contribution in [0, 0.1) is 11.3 Å². The van der Waals surface area contributed by atoms with Gasteiger partial charge in [0, 0.05) is 58.0 Å². The molecule has 0 radical (unpaired) electrons. The standard InChI is InChI=1S/C53H36N6/c1-53(2)46-25-34(33-54)13-15-44(46)45-16-14-39(29-47(45)53)40-26-41(42-30-48(36-17-21-55-22-18-36)57-49(31-42)37-19-23-56-24-20-37)28-43(27-40)51-32-50(35-9-5-3-6-10-35)58-52(59-51)38-11-7-4-8-12-38/h3-32H,1-2H3. The molecule has 0 aliphatic heterocycles. The molecule has 6 heteroatoms. The number of fused-ring (bicyclic) bond motifs is 3. The minimum absolute atomic E-state index is 0.292. The molecule has 1 aliphatic rings. The van der Waals surface area contributed by atoms with Crippen LogP contribution in [0.25, 0.3) is 89.8 Å². The lowest BCUT2D eigenvalue weighted by atomic mass is 9.81. The van der Waals surface area contributed by atoms with Gasteiger partial charge >= 0.3 is 0 Å². The van der Waals surface area contributed by atoms with E-state index in [1.54, 1.807) is 24.8 Å². The Labute approximate surface area is 343 Å². The van der Waals surface area contributed by atoms with E-state index < -0.39 is 0 Å². The van der Waals surface area contributed by atoms with Gasteiger partial charge in [0.05, 0.1) is 34.4 Å². The molecule has 1 aliphatic carbocycles. The summed E-state index contributed by atoms with van der Waals surface area (Å²) in [5.74, 6) is 0.659. The molecule has 0 bridgehead atoms. The van der Waals surface area contributed by atoms with E-state index in [0.29, 0.717) is 11.4 Å². The first-order valence-corrected chi connectivity index (χ1v) is 19.6. The fourth-order valence-electron chi connectivity index (χ4n) is 8.20. The molecule has 5 aromatic carbocycles. The largest absolute Gasteiger partial charge is 0.265 e. The molecule has 10 rings (SSSR count). The SMILES string of the molecule is CC1(C)c2cc(C#N)ccc2-c2ccc(-c3cc(-c4cc(-c5ccncc5)nc(-c5ccncc5)c4)cc(-c4cc(-c5ccccc5)nc(-c5ccccc5)n4)c3)cc21. The van der Waals surface area contributed by atoms with Crippen molar-refractivity contribution >= 4 is 0 Å². The number of pyridine rings is 3. The van der Waals surface area contributed by atoms with E-state index in [9.17, 15) is 5.26 Å². The number of aromatic nitrogens is 5. The van der Waals surface area contributed by atoms with Crippen LogP contribution in [0.3, 0.4) is 0 Å². The van der Waals surface area contributed by atoms with Crippen LogP contribution in [-0.4, -0.2) is 24.9 Å². The minimum Gasteiger partial charge on any atom is -0.265 e. The lowest BCUT2D eigenvalue weighted by Gasteiger charge is -2.22. The maximum Gasteiger partial charge on any atom is 0.160 e. The van der Waals surface area contributed by atoms with Gasteiger partial charge in [-0.05, 0) is 123 Å². The maximum atomic E-state index is 9.75. The second-order valence-electron chi connectivity index (χ2n) is 15.3. The van der Waals surface area contributed by atoms with Crippen LogP contribution in [0.1, 0.15) is 30.5 Å². The van der Waals surface area contributed by atoms with Crippen LogP contribution in [0.15, 0.2) is 183 Å². The van der Waals surface area contributed by atoms with Crippen LogP contribution >= 0.6 is 0 Å². The predicted molar refractivity (Wildman–Crippen MR) is 236 cm³/mol. The highest BCUT2D eigenvalue weighted by molar-refractivity contribution is 5.88. The number of nitriles is 1. The monoisotopic (exact) mass is 756 g/mol. The molecule has 278 valence electrons. The number of hydrogen-bond acceptors (Lipinski definition) is 6. The summed E-state index contributed by atoms with van der Waals surface area (Å²) in [6, 6.07) is 56.7. The number of rotatable bonds is 7. The summed E-state index contributed by atoms with van der Waals surface area (Å²) in [5.41, 5.74) is 17.6. The van der Waals surface area contributed by atoms with Gasteiger partial charge in [0.2, 0.25) is 0 Å². The zero-order chi connectivity index (χ0) is 39.9. The highest BCUT2D eigenvalue weighted by Crippen LogP contribution is 2.50. The Morgan fingerprint density at radius 2 is 0.864 bits per heavy atom. The first-order chi connectivity index (χ1) is 28.9. The summed E-state index contributed by atoms with van der Waals surface area (Å²) in [4.78, 5) is 24.0. The van der Waals surface area contributed by atoms with Gasteiger partial charge in [-0.25, -0.2) is 15.0 Å². The van der Waals surface area contributed by atoms with E-state index in [0.717, 1.165) is 72.8 Å². The molecule has 0 N–H and O–H groups in total. The summed E-state index contributed by atoms with van der Waals surface area (Å²) in [6.45, 7) is 4.50. The fourth-order valence-corrected chi connectivity index (χ4v) is 8.20. The Morgan fingerprint density at radius 3 is 1.47 bits per heavy atom. The molecule has 0 amide bonds. The van der Waals surface area contributed by atoms with Crippen molar-refractivity contribution in [3.8, 4) is 95.9 Å². The van der Waals surface area contributed by atoms with Crippen molar-refractivity contribution in [2.75, 3.05) is 0 Å². The van der Waals surface area contributed by atoms with E-state index in [-0.39, 0.29) is 5.41 Å². The summed E-state index contributed by atoms with van der Waals surface area (Å²) in [7, 11) is 0. The second kappa shape index (κ2) is 14.6. The Balaban J connectivity index is 1.21. The number of hydrogen-bond donors (Lipinski definition) is 0. The van der Waals surface area contributed by atoms with Gasteiger partial charge in [0.25, 0.3) is 0 Å². The van der Waals surface area contributed by atoms with Crippen molar-refractivity contribution in [2.45, 2.75) is 19.3 Å². The van der Waals surface area contributed by atoms with Gasteiger partial charge in [-0.3, -0.25) is 9.97 Å². The van der Waals surface area contributed by atoms with Crippen molar-refractivity contribution in [2.24, 2.45) is 0 Å². The van der Waals surface area contributed by atoms with Crippen LogP contribution in [0.4, 0.5) is 0 Å². The molecule has 4 heterocycles. The van der Waals surface area contributed by atoms with Gasteiger partial charge in [0.1, 0.15) is 0 Å². The molecule has 0 fully saturated rings. The number of nitrogens with zero attached hydrogens (tertiary/aromatic N) is 6. The topological polar surface area (TPSA) is 88.2 Å². The highest BCUT2D eigenvalue weighted by atomic mass is 14.9. The van der Waals surface area contributed by atoms with Crippen molar-refractivity contribution in [1.82, 2.24) is 24.9 Å². The van der Waals surface area contributed by atoms with E-state index in [4.69, 9.17) is 15.0 Å².